The van der Waals surface area contributed by atoms with Crippen LogP contribution < -0.4 is 4.74 Å². The van der Waals surface area contributed by atoms with Gasteiger partial charge in [0.25, 0.3) is 17.7 Å². The monoisotopic (exact) mass is 407 g/mol. The average molecular weight is 407 g/mol. The second-order valence-corrected chi connectivity index (χ2v) is 6.52. The third-order valence-electron chi connectivity index (χ3n) is 4.71. The number of hydrogen-bond donors (Lipinski definition) is 0. The Morgan fingerprint density at radius 1 is 1.03 bits per heavy atom. The van der Waals surface area contributed by atoms with Gasteiger partial charge in [0.05, 0.1) is 23.8 Å². The molecule has 0 saturated heterocycles. The molecule has 0 fully saturated rings. The minimum atomic E-state index is -1.10. The summed E-state index contributed by atoms with van der Waals surface area (Å²) in [5, 5.41) is 3.87. The number of esters is 1. The molecule has 0 bridgehead atoms. The minimum Gasteiger partial charge on any atom is -0.496 e. The average Bonchev–Trinajstić information content (AvgIpc) is 3.35. The summed E-state index contributed by atoms with van der Waals surface area (Å²) in [6, 6.07) is 12.4. The zero-order chi connectivity index (χ0) is 21.3. The number of para-hydroxylation sites is 1. The number of carbonyl (C=O) groups is 3. The highest BCUT2D eigenvalue weighted by Gasteiger charge is 2.41. The summed E-state index contributed by atoms with van der Waals surface area (Å²) in [7, 11) is 1.53. The molecule has 4 rings (SSSR count). The van der Waals surface area contributed by atoms with Crippen LogP contribution in [0.15, 0.2) is 53.1 Å². The Hall–Kier alpha value is -4.01. The van der Waals surface area contributed by atoms with Gasteiger partial charge in [-0.25, -0.2) is 4.79 Å². The number of imide groups is 1. The Morgan fingerprint density at radius 2 is 1.63 bits per heavy atom. The molecule has 1 unspecified atom stereocenters. The first-order valence-electron chi connectivity index (χ1n) is 9.10. The molecule has 0 spiro atoms. The van der Waals surface area contributed by atoms with Gasteiger partial charge in [-0.15, -0.1) is 0 Å². The van der Waals surface area contributed by atoms with Crippen molar-refractivity contribution in [3.8, 4) is 17.1 Å². The van der Waals surface area contributed by atoms with Gasteiger partial charge in [0, 0.05) is 0 Å². The molecule has 9 heteroatoms. The van der Waals surface area contributed by atoms with Gasteiger partial charge in [0.15, 0.2) is 6.61 Å². The molecule has 0 aliphatic carbocycles. The maximum atomic E-state index is 12.5. The third kappa shape index (κ3) is 3.30. The lowest BCUT2D eigenvalue weighted by molar-refractivity contribution is -0.149. The molecule has 1 aromatic heterocycles. The fraction of sp³-hybridized carbons (Fsp3) is 0.190. The number of aromatic nitrogens is 2. The first kappa shape index (κ1) is 19.3. The zero-order valence-electron chi connectivity index (χ0n) is 16.2. The maximum absolute atomic E-state index is 12.5. The van der Waals surface area contributed by atoms with Gasteiger partial charge >= 0.3 is 5.97 Å². The molecule has 3 aromatic rings. The van der Waals surface area contributed by atoms with E-state index in [0.717, 1.165) is 4.90 Å². The SMILES string of the molecule is COc1ccccc1-c1noc(COC(=O)C(C)N2C(=O)c3ccccc3C2=O)n1. The van der Waals surface area contributed by atoms with Crippen molar-refractivity contribution in [3.05, 3.63) is 65.5 Å². The molecule has 0 radical (unpaired) electrons. The first-order valence-corrected chi connectivity index (χ1v) is 9.10. The number of fused-ring (bicyclic) bond motifs is 1. The summed E-state index contributed by atoms with van der Waals surface area (Å²) < 4.78 is 15.6. The number of amides is 2. The van der Waals surface area contributed by atoms with E-state index in [1.807, 2.05) is 6.07 Å². The second-order valence-electron chi connectivity index (χ2n) is 6.52. The van der Waals surface area contributed by atoms with Crippen LogP contribution in [0.25, 0.3) is 11.4 Å². The highest BCUT2D eigenvalue weighted by Crippen LogP contribution is 2.27. The zero-order valence-corrected chi connectivity index (χ0v) is 16.2. The summed E-state index contributed by atoms with van der Waals surface area (Å²) in [5.74, 6) is -0.902. The smallest absolute Gasteiger partial charge is 0.329 e. The fourth-order valence-corrected chi connectivity index (χ4v) is 3.17. The molecule has 0 saturated carbocycles. The van der Waals surface area contributed by atoms with Crippen molar-refractivity contribution in [3.63, 3.8) is 0 Å². The normalized spacial score (nSPS) is 13.9. The molecule has 1 aliphatic heterocycles. The lowest BCUT2D eigenvalue weighted by atomic mass is 10.1. The number of rotatable bonds is 6. The van der Waals surface area contributed by atoms with Crippen LogP contribution in [0.1, 0.15) is 33.5 Å². The van der Waals surface area contributed by atoms with Crippen molar-refractivity contribution < 1.29 is 28.4 Å². The first-order chi connectivity index (χ1) is 14.5. The number of methoxy groups -OCH3 is 1. The Labute approximate surface area is 171 Å². The van der Waals surface area contributed by atoms with Crippen LogP contribution in [-0.2, 0) is 16.1 Å². The largest absolute Gasteiger partial charge is 0.496 e. The van der Waals surface area contributed by atoms with Crippen LogP contribution >= 0.6 is 0 Å². The lowest BCUT2D eigenvalue weighted by Crippen LogP contribution is -2.43. The molecule has 2 heterocycles. The van der Waals surface area contributed by atoms with Crippen LogP contribution in [0.4, 0.5) is 0 Å². The number of ether oxygens (including phenoxy) is 2. The van der Waals surface area contributed by atoms with Gasteiger partial charge in [-0.05, 0) is 31.2 Å². The van der Waals surface area contributed by atoms with Crippen LogP contribution in [0.2, 0.25) is 0 Å². The predicted molar refractivity (Wildman–Crippen MR) is 102 cm³/mol. The van der Waals surface area contributed by atoms with Gasteiger partial charge < -0.3 is 14.0 Å². The van der Waals surface area contributed by atoms with E-state index in [4.69, 9.17) is 14.0 Å². The van der Waals surface area contributed by atoms with E-state index in [0.29, 0.717) is 11.3 Å². The quantitative estimate of drug-likeness (QED) is 0.452. The fourth-order valence-electron chi connectivity index (χ4n) is 3.17. The maximum Gasteiger partial charge on any atom is 0.329 e. The molecule has 2 aromatic carbocycles. The molecule has 1 atom stereocenters. The summed E-state index contributed by atoms with van der Waals surface area (Å²) in [6.07, 6.45) is 0. The third-order valence-corrected chi connectivity index (χ3v) is 4.71. The van der Waals surface area contributed by atoms with Gasteiger partial charge in [-0.2, -0.15) is 4.98 Å². The van der Waals surface area contributed by atoms with Crippen molar-refractivity contribution >= 4 is 17.8 Å². The molecule has 152 valence electrons. The van der Waals surface area contributed by atoms with Gasteiger partial charge in [0.1, 0.15) is 11.8 Å². The van der Waals surface area contributed by atoms with Crippen molar-refractivity contribution in [1.29, 1.82) is 0 Å². The molecular weight excluding hydrogens is 390 g/mol. The lowest BCUT2D eigenvalue weighted by Gasteiger charge is -2.20. The van der Waals surface area contributed by atoms with Crippen molar-refractivity contribution in [2.45, 2.75) is 19.6 Å². The van der Waals surface area contributed by atoms with Crippen molar-refractivity contribution in [2.24, 2.45) is 0 Å². The highest BCUT2D eigenvalue weighted by atomic mass is 16.6. The summed E-state index contributed by atoms with van der Waals surface area (Å²) in [4.78, 5) is 42.5. The number of carbonyl (C=O) groups excluding carboxylic acids is 3. The van der Waals surface area contributed by atoms with E-state index < -0.39 is 23.8 Å². The van der Waals surface area contributed by atoms with Crippen LogP contribution in [0.3, 0.4) is 0 Å². The summed E-state index contributed by atoms with van der Waals surface area (Å²) in [6.45, 7) is 1.13. The van der Waals surface area contributed by atoms with Crippen molar-refractivity contribution in [2.75, 3.05) is 7.11 Å². The van der Waals surface area contributed by atoms with E-state index >= 15 is 0 Å². The number of nitrogens with zero attached hydrogens (tertiary/aromatic N) is 3. The predicted octanol–water partition coefficient (Wildman–Crippen LogP) is 2.47. The van der Waals surface area contributed by atoms with Gasteiger partial charge in [-0.1, -0.05) is 29.4 Å². The minimum absolute atomic E-state index is 0.0683. The molecule has 30 heavy (non-hydrogen) atoms. The van der Waals surface area contributed by atoms with E-state index in [2.05, 4.69) is 10.1 Å². The molecular formula is C21H17N3O6. The molecule has 0 N–H and O–H groups in total. The van der Waals surface area contributed by atoms with Crippen LogP contribution in [-0.4, -0.2) is 46.0 Å². The molecule has 1 aliphatic rings. The highest BCUT2D eigenvalue weighted by molar-refractivity contribution is 6.22. The van der Waals surface area contributed by atoms with E-state index in [1.54, 1.807) is 42.5 Å². The van der Waals surface area contributed by atoms with Crippen molar-refractivity contribution in [1.82, 2.24) is 15.0 Å². The Morgan fingerprint density at radius 3 is 2.27 bits per heavy atom. The van der Waals surface area contributed by atoms with Crippen LogP contribution in [0, 0.1) is 0 Å². The second kappa shape index (κ2) is 7.78. The number of benzene rings is 2. The number of hydrogen-bond acceptors (Lipinski definition) is 8. The standard InChI is InChI=1S/C21H17N3O6/c1-12(24-19(25)13-7-3-4-8-14(13)20(24)26)21(27)29-11-17-22-18(23-30-17)15-9-5-6-10-16(15)28-2/h3-10,12H,11H2,1-2H3. The Balaban J connectivity index is 1.43. The van der Waals surface area contributed by atoms with Crippen LogP contribution in [0.5, 0.6) is 5.75 Å². The van der Waals surface area contributed by atoms with E-state index in [-0.39, 0.29) is 29.4 Å². The van der Waals surface area contributed by atoms with E-state index in [1.165, 1.54) is 14.0 Å². The van der Waals surface area contributed by atoms with E-state index in [9.17, 15) is 14.4 Å². The Kier molecular flexibility index (Phi) is 5.01. The topological polar surface area (TPSA) is 112 Å². The molecule has 9 nitrogen and oxygen atoms in total. The Bertz CT molecular complexity index is 1100. The molecule has 2 amide bonds. The van der Waals surface area contributed by atoms with Gasteiger partial charge in [0.2, 0.25) is 5.82 Å². The summed E-state index contributed by atoms with van der Waals surface area (Å²) in [5.41, 5.74) is 1.15. The van der Waals surface area contributed by atoms with Gasteiger partial charge in [-0.3, -0.25) is 14.5 Å². The summed E-state index contributed by atoms with van der Waals surface area (Å²) >= 11 is 0.